The Labute approximate surface area is 102 Å². The van der Waals surface area contributed by atoms with Gasteiger partial charge in [-0.2, -0.15) is 13.2 Å². The first-order valence-electron chi connectivity index (χ1n) is 5.62. The van der Waals surface area contributed by atoms with Crippen LogP contribution in [0.25, 0.3) is 0 Å². The van der Waals surface area contributed by atoms with E-state index in [4.69, 9.17) is 5.73 Å². The van der Waals surface area contributed by atoms with Crippen LogP contribution < -0.4 is 10.6 Å². The zero-order valence-corrected chi connectivity index (χ0v) is 9.63. The highest BCUT2D eigenvalue weighted by molar-refractivity contribution is 6.01. The van der Waals surface area contributed by atoms with Crippen molar-refractivity contribution in [2.75, 3.05) is 17.2 Å². The number of carbonyl (C=O) groups is 1. The largest absolute Gasteiger partial charge is 0.399 e. The van der Waals surface area contributed by atoms with Crippen molar-refractivity contribution in [3.8, 4) is 0 Å². The van der Waals surface area contributed by atoms with Crippen molar-refractivity contribution >= 4 is 17.3 Å². The van der Waals surface area contributed by atoms with Gasteiger partial charge in [-0.15, -0.1) is 0 Å². The number of amides is 1. The maximum Gasteiger partial charge on any atom is 0.389 e. The number of nitrogens with zero attached hydrogens (tertiary/aromatic N) is 1. The van der Waals surface area contributed by atoms with E-state index in [2.05, 4.69) is 0 Å². The summed E-state index contributed by atoms with van der Waals surface area (Å²) in [6, 6.07) is 5.02. The van der Waals surface area contributed by atoms with Crippen LogP contribution in [0.5, 0.6) is 0 Å². The number of rotatable bonds is 3. The zero-order chi connectivity index (χ0) is 13.3. The topological polar surface area (TPSA) is 46.3 Å². The van der Waals surface area contributed by atoms with Crippen molar-refractivity contribution in [2.24, 2.45) is 0 Å². The van der Waals surface area contributed by atoms with Crippen LogP contribution in [0.4, 0.5) is 24.5 Å². The Morgan fingerprint density at radius 3 is 2.72 bits per heavy atom. The highest BCUT2D eigenvalue weighted by atomic mass is 19.4. The second-order valence-electron chi connectivity index (χ2n) is 4.33. The summed E-state index contributed by atoms with van der Waals surface area (Å²) in [6.07, 6.45) is -4.92. The lowest BCUT2D eigenvalue weighted by Crippen LogP contribution is -2.28. The molecule has 1 aliphatic heterocycles. The Balaban J connectivity index is 2.05. The lowest BCUT2D eigenvalue weighted by molar-refractivity contribution is -0.135. The average molecular weight is 258 g/mol. The van der Waals surface area contributed by atoms with Gasteiger partial charge in [0.05, 0.1) is 6.42 Å². The molecule has 0 unspecified atom stereocenters. The molecule has 0 fully saturated rings. The number of hydrogen-bond acceptors (Lipinski definition) is 2. The highest BCUT2D eigenvalue weighted by Crippen LogP contribution is 2.31. The number of carbonyl (C=O) groups excluding carboxylic acids is 1. The van der Waals surface area contributed by atoms with Gasteiger partial charge in [-0.1, -0.05) is 0 Å². The van der Waals surface area contributed by atoms with Crippen molar-refractivity contribution < 1.29 is 18.0 Å². The Bertz CT molecular complexity index is 471. The molecule has 0 spiro atoms. The van der Waals surface area contributed by atoms with Crippen LogP contribution in [0.2, 0.25) is 0 Å². The summed E-state index contributed by atoms with van der Waals surface area (Å²) in [4.78, 5) is 13.1. The summed E-state index contributed by atoms with van der Waals surface area (Å²) < 4.78 is 36.2. The van der Waals surface area contributed by atoms with E-state index in [0.717, 1.165) is 5.56 Å². The van der Waals surface area contributed by atoms with E-state index < -0.39 is 12.6 Å². The van der Waals surface area contributed by atoms with Crippen LogP contribution in [0.3, 0.4) is 0 Å². The number of nitrogen functional groups attached to an aromatic ring is 1. The van der Waals surface area contributed by atoms with Gasteiger partial charge in [-0.25, -0.2) is 0 Å². The quantitative estimate of drug-likeness (QED) is 0.847. The molecule has 2 rings (SSSR count). The van der Waals surface area contributed by atoms with E-state index in [1.165, 1.54) is 4.90 Å². The molecule has 1 aromatic carbocycles. The summed E-state index contributed by atoms with van der Waals surface area (Å²) in [5, 5.41) is 0. The number of hydrogen-bond donors (Lipinski definition) is 1. The van der Waals surface area contributed by atoms with Crippen molar-refractivity contribution in [1.82, 2.24) is 0 Å². The smallest absolute Gasteiger partial charge is 0.389 e. The molecule has 1 amide bonds. The zero-order valence-electron chi connectivity index (χ0n) is 9.63. The minimum Gasteiger partial charge on any atom is -0.399 e. The van der Waals surface area contributed by atoms with Crippen molar-refractivity contribution in [1.29, 1.82) is 0 Å². The maximum atomic E-state index is 12.1. The summed E-state index contributed by atoms with van der Waals surface area (Å²) in [5.41, 5.74) is 7.62. The minimum absolute atomic E-state index is 0.0843. The van der Waals surface area contributed by atoms with E-state index in [1.54, 1.807) is 18.2 Å². The van der Waals surface area contributed by atoms with Crippen LogP contribution >= 0.6 is 0 Å². The Morgan fingerprint density at radius 1 is 1.33 bits per heavy atom. The summed E-state index contributed by atoms with van der Waals surface area (Å²) in [5.74, 6) is -0.169. The van der Waals surface area contributed by atoms with E-state index in [9.17, 15) is 18.0 Å². The van der Waals surface area contributed by atoms with Gasteiger partial charge in [0.2, 0.25) is 5.91 Å². The fraction of sp³-hybridized carbons (Fsp3) is 0.417. The van der Waals surface area contributed by atoms with Crippen LogP contribution in [-0.2, 0) is 11.2 Å². The van der Waals surface area contributed by atoms with Gasteiger partial charge in [0.1, 0.15) is 0 Å². The van der Waals surface area contributed by atoms with Gasteiger partial charge in [0.25, 0.3) is 0 Å². The van der Waals surface area contributed by atoms with Crippen molar-refractivity contribution in [3.05, 3.63) is 23.8 Å². The third kappa shape index (κ3) is 2.75. The molecule has 1 aliphatic rings. The first kappa shape index (κ1) is 12.7. The van der Waals surface area contributed by atoms with E-state index in [0.29, 0.717) is 11.4 Å². The molecule has 98 valence electrons. The first-order valence-corrected chi connectivity index (χ1v) is 5.62. The van der Waals surface area contributed by atoms with E-state index in [-0.39, 0.29) is 25.3 Å². The number of fused-ring (bicyclic) bond motifs is 1. The number of benzene rings is 1. The predicted molar refractivity (Wildman–Crippen MR) is 62.2 cm³/mol. The molecule has 0 radical (unpaired) electrons. The molecule has 0 aromatic heterocycles. The lowest BCUT2D eigenvalue weighted by Gasteiger charge is -2.18. The summed E-state index contributed by atoms with van der Waals surface area (Å²) in [7, 11) is 0. The molecule has 6 heteroatoms. The van der Waals surface area contributed by atoms with Crippen molar-refractivity contribution in [3.63, 3.8) is 0 Å². The molecule has 18 heavy (non-hydrogen) atoms. The monoisotopic (exact) mass is 258 g/mol. The molecule has 1 aromatic rings. The third-order valence-corrected chi connectivity index (χ3v) is 2.88. The molecule has 0 saturated heterocycles. The summed E-state index contributed by atoms with van der Waals surface area (Å²) in [6.45, 7) is 0.0925. The molecule has 0 bridgehead atoms. The molecule has 0 saturated carbocycles. The number of anilines is 2. The molecule has 0 aliphatic carbocycles. The highest BCUT2D eigenvalue weighted by Gasteiger charge is 2.30. The van der Waals surface area contributed by atoms with Gasteiger partial charge >= 0.3 is 6.18 Å². The average Bonchev–Trinajstić information content (AvgIpc) is 2.52. The van der Waals surface area contributed by atoms with Gasteiger partial charge < -0.3 is 10.6 Å². The second kappa shape index (κ2) is 4.51. The lowest BCUT2D eigenvalue weighted by atomic mass is 10.1. The fourth-order valence-electron chi connectivity index (χ4n) is 2.09. The normalized spacial score (nSPS) is 15.1. The number of nitrogens with two attached hydrogens (primary N) is 1. The standard InChI is InChI=1S/C12H13F3N2O/c13-12(14,15)4-1-5-17-10-3-2-9(16)6-8(10)7-11(17)18/h2-3,6H,1,4-5,7,16H2. The molecule has 3 nitrogen and oxygen atoms in total. The van der Waals surface area contributed by atoms with Gasteiger partial charge in [0, 0.05) is 24.3 Å². The van der Waals surface area contributed by atoms with Crippen LogP contribution in [-0.4, -0.2) is 18.6 Å². The van der Waals surface area contributed by atoms with E-state index >= 15 is 0 Å². The van der Waals surface area contributed by atoms with Crippen LogP contribution in [0.15, 0.2) is 18.2 Å². The molecule has 0 atom stereocenters. The fourth-order valence-corrected chi connectivity index (χ4v) is 2.09. The number of alkyl halides is 3. The van der Waals surface area contributed by atoms with Gasteiger partial charge in [-0.05, 0) is 30.2 Å². The molecular formula is C12H13F3N2O. The van der Waals surface area contributed by atoms with Crippen LogP contribution in [0, 0.1) is 0 Å². The summed E-state index contributed by atoms with van der Waals surface area (Å²) >= 11 is 0. The van der Waals surface area contributed by atoms with Gasteiger partial charge in [-0.3, -0.25) is 4.79 Å². The van der Waals surface area contributed by atoms with Crippen molar-refractivity contribution in [2.45, 2.75) is 25.4 Å². The third-order valence-electron chi connectivity index (χ3n) is 2.88. The molecular weight excluding hydrogens is 245 g/mol. The molecule has 2 N–H and O–H groups in total. The Hall–Kier alpha value is -1.72. The Morgan fingerprint density at radius 2 is 2.06 bits per heavy atom. The van der Waals surface area contributed by atoms with Crippen LogP contribution in [0.1, 0.15) is 18.4 Å². The Kier molecular flexibility index (Phi) is 3.19. The first-order chi connectivity index (χ1) is 8.37. The van der Waals surface area contributed by atoms with Gasteiger partial charge in [0.15, 0.2) is 0 Å². The van der Waals surface area contributed by atoms with E-state index in [1.807, 2.05) is 0 Å². The predicted octanol–water partition coefficient (Wildman–Crippen LogP) is 2.50. The number of halogens is 3. The maximum absolute atomic E-state index is 12.1. The minimum atomic E-state index is -4.17. The molecule has 1 heterocycles. The second-order valence-corrected chi connectivity index (χ2v) is 4.33. The SMILES string of the molecule is Nc1ccc2c(c1)CC(=O)N2CCCC(F)(F)F.